The fraction of sp³-hybridized carbons (Fsp3) is 0.407. The molecular weight excluding hydrogens is 458 g/mol. The molecule has 2 saturated heterocycles. The number of piperidine rings is 1. The van der Waals surface area contributed by atoms with Gasteiger partial charge in [-0.2, -0.15) is 0 Å². The van der Waals surface area contributed by atoms with Crippen molar-refractivity contribution in [2.45, 2.75) is 38.2 Å². The van der Waals surface area contributed by atoms with Gasteiger partial charge in [0.25, 0.3) is 5.56 Å². The molecule has 0 unspecified atom stereocenters. The fourth-order valence-corrected chi connectivity index (χ4v) is 5.11. The summed E-state index contributed by atoms with van der Waals surface area (Å²) >= 11 is 0. The van der Waals surface area contributed by atoms with Crippen LogP contribution in [0.3, 0.4) is 0 Å². The third kappa shape index (κ3) is 3.97. The standard InChI is InChI=1S/C27H27N5O4/c1-16-4-5-22-19(12-16)29-27(36-22)17-6-9-32(10-7-17)21-14-24(33)31(3)20-13-23(26(28-2)30-25(20)21)35-18-8-11-34-15-18/h4-5,12-14,17-18H,6-11,15H2,1,3H3/t18-/m1/s1. The second-order valence-electron chi connectivity index (χ2n) is 9.60. The number of rotatable bonds is 4. The van der Waals surface area contributed by atoms with Gasteiger partial charge in [-0.25, -0.2) is 4.98 Å². The molecule has 5 heterocycles. The van der Waals surface area contributed by atoms with E-state index in [1.165, 1.54) is 0 Å². The monoisotopic (exact) mass is 485 g/mol. The number of pyridine rings is 2. The number of hydrogen-bond acceptors (Lipinski definition) is 7. The van der Waals surface area contributed by atoms with Gasteiger partial charge in [0.1, 0.15) is 17.4 Å². The number of anilines is 1. The maximum atomic E-state index is 12.9. The largest absolute Gasteiger partial charge is 0.497 e. The van der Waals surface area contributed by atoms with Crippen molar-refractivity contribution in [1.29, 1.82) is 0 Å². The number of oxazole rings is 1. The third-order valence-corrected chi connectivity index (χ3v) is 7.18. The molecule has 0 N–H and O–H groups in total. The number of ether oxygens (including phenoxy) is 2. The van der Waals surface area contributed by atoms with Crippen molar-refractivity contribution in [3.8, 4) is 5.75 Å². The molecular formula is C27H27N5O4. The zero-order chi connectivity index (χ0) is 24.8. The molecule has 0 amide bonds. The van der Waals surface area contributed by atoms with Crippen LogP contribution in [0.5, 0.6) is 5.75 Å². The van der Waals surface area contributed by atoms with Crippen LogP contribution in [0.15, 0.2) is 39.5 Å². The van der Waals surface area contributed by atoms with Crippen LogP contribution in [-0.4, -0.2) is 46.9 Å². The van der Waals surface area contributed by atoms with Gasteiger partial charge in [0, 0.05) is 38.5 Å². The fourth-order valence-electron chi connectivity index (χ4n) is 5.11. The van der Waals surface area contributed by atoms with E-state index in [0.29, 0.717) is 30.0 Å². The van der Waals surface area contributed by atoms with Gasteiger partial charge in [-0.05, 0) is 43.5 Å². The molecule has 9 nitrogen and oxygen atoms in total. The predicted molar refractivity (Wildman–Crippen MR) is 136 cm³/mol. The summed E-state index contributed by atoms with van der Waals surface area (Å²) in [7, 11) is 1.72. The van der Waals surface area contributed by atoms with Crippen molar-refractivity contribution in [3.05, 3.63) is 63.6 Å². The smallest absolute Gasteiger partial charge is 0.312 e. The Bertz CT molecular complexity index is 1550. The lowest BCUT2D eigenvalue weighted by Gasteiger charge is -2.32. The molecule has 2 aliphatic heterocycles. The maximum Gasteiger partial charge on any atom is 0.312 e. The van der Waals surface area contributed by atoms with E-state index in [1.54, 1.807) is 23.7 Å². The topological polar surface area (TPSA) is 87.0 Å². The highest BCUT2D eigenvalue weighted by Gasteiger charge is 2.28. The van der Waals surface area contributed by atoms with Gasteiger partial charge in [0.2, 0.25) is 5.52 Å². The minimum Gasteiger partial charge on any atom is -0.497 e. The quantitative estimate of drug-likeness (QED) is 0.394. The molecule has 2 fully saturated rings. The minimum absolute atomic E-state index is 0.111. The van der Waals surface area contributed by atoms with Gasteiger partial charge in [-0.3, -0.25) is 4.79 Å². The van der Waals surface area contributed by atoms with Crippen LogP contribution < -0.4 is 15.2 Å². The van der Waals surface area contributed by atoms with E-state index in [9.17, 15) is 4.79 Å². The van der Waals surface area contributed by atoms with Crippen LogP contribution in [0.1, 0.15) is 36.6 Å². The number of fused-ring (bicyclic) bond motifs is 2. The Labute approximate surface area is 208 Å². The lowest BCUT2D eigenvalue weighted by atomic mass is 9.96. The molecule has 1 aromatic carbocycles. The van der Waals surface area contributed by atoms with Crippen LogP contribution in [-0.2, 0) is 11.8 Å². The van der Waals surface area contributed by atoms with Crippen LogP contribution >= 0.6 is 0 Å². The number of aryl methyl sites for hydroxylation is 2. The predicted octanol–water partition coefficient (Wildman–Crippen LogP) is 4.49. The molecule has 4 aromatic rings. The number of nitrogens with zero attached hydrogens (tertiary/aromatic N) is 5. The van der Waals surface area contributed by atoms with Gasteiger partial charge < -0.3 is 28.2 Å². The van der Waals surface area contributed by atoms with Crippen LogP contribution in [0.2, 0.25) is 0 Å². The van der Waals surface area contributed by atoms with Gasteiger partial charge in [0.05, 0.1) is 24.4 Å². The molecule has 36 heavy (non-hydrogen) atoms. The Hall–Kier alpha value is -3.90. The van der Waals surface area contributed by atoms with E-state index in [0.717, 1.165) is 60.6 Å². The van der Waals surface area contributed by atoms with E-state index in [-0.39, 0.29) is 23.4 Å². The highest BCUT2D eigenvalue weighted by molar-refractivity contribution is 5.91. The van der Waals surface area contributed by atoms with Crippen molar-refractivity contribution >= 4 is 33.6 Å². The van der Waals surface area contributed by atoms with Crippen LogP contribution in [0.4, 0.5) is 11.5 Å². The summed E-state index contributed by atoms with van der Waals surface area (Å²) in [5.74, 6) is 1.58. The summed E-state index contributed by atoms with van der Waals surface area (Å²) < 4.78 is 19.0. The Balaban J connectivity index is 1.30. The minimum atomic E-state index is -0.124. The highest BCUT2D eigenvalue weighted by Crippen LogP contribution is 2.37. The SMILES string of the molecule is [C-]#[N+]c1nc2c(N3CCC(c4nc5cc(C)ccc5o4)CC3)cc(=O)n(C)c2cc1O[C@@H]1CCOC1. The third-order valence-electron chi connectivity index (χ3n) is 7.18. The van der Waals surface area contributed by atoms with Crippen molar-refractivity contribution < 1.29 is 13.9 Å². The van der Waals surface area contributed by atoms with E-state index < -0.39 is 0 Å². The van der Waals surface area contributed by atoms with Crippen molar-refractivity contribution in [2.24, 2.45) is 7.05 Å². The zero-order valence-corrected chi connectivity index (χ0v) is 20.4. The molecule has 0 radical (unpaired) electrons. The first kappa shape index (κ1) is 22.6. The zero-order valence-electron chi connectivity index (χ0n) is 20.4. The van der Waals surface area contributed by atoms with Gasteiger partial charge in [0.15, 0.2) is 11.5 Å². The number of hydrogen-bond donors (Lipinski definition) is 0. The molecule has 3 aromatic heterocycles. The normalized spacial score (nSPS) is 18.7. The van der Waals surface area contributed by atoms with Crippen molar-refractivity contribution in [2.75, 3.05) is 31.2 Å². The van der Waals surface area contributed by atoms with E-state index in [1.807, 2.05) is 25.1 Å². The molecule has 9 heteroatoms. The molecule has 0 saturated carbocycles. The number of aromatic nitrogens is 3. The second-order valence-corrected chi connectivity index (χ2v) is 9.60. The lowest BCUT2D eigenvalue weighted by Crippen LogP contribution is -2.34. The summed E-state index contributed by atoms with van der Waals surface area (Å²) in [4.78, 5) is 28.1. The lowest BCUT2D eigenvalue weighted by molar-refractivity contribution is 0.142. The van der Waals surface area contributed by atoms with Crippen molar-refractivity contribution in [1.82, 2.24) is 14.5 Å². The number of benzene rings is 1. The summed E-state index contributed by atoms with van der Waals surface area (Å²) in [5, 5.41) is 0. The van der Waals surface area contributed by atoms with Crippen molar-refractivity contribution in [3.63, 3.8) is 0 Å². The van der Waals surface area contributed by atoms with Gasteiger partial charge in [-0.15, -0.1) is 4.98 Å². The summed E-state index contributed by atoms with van der Waals surface area (Å²) in [6.07, 6.45) is 2.35. The van der Waals surface area contributed by atoms with Gasteiger partial charge >= 0.3 is 5.82 Å². The van der Waals surface area contributed by atoms with E-state index >= 15 is 0 Å². The summed E-state index contributed by atoms with van der Waals surface area (Å²) in [6.45, 7) is 12.3. The molecule has 2 aliphatic rings. The van der Waals surface area contributed by atoms with E-state index in [4.69, 9.17) is 25.4 Å². The summed E-state index contributed by atoms with van der Waals surface area (Å²) in [5.41, 5.74) is 4.77. The first-order chi connectivity index (χ1) is 17.5. The Morgan fingerprint density at radius 2 is 1.97 bits per heavy atom. The molecule has 0 bridgehead atoms. The molecule has 1 atom stereocenters. The summed E-state index contributed by atoms with van der Waals surface area (Å²) in [6, 6.07) is 9.44. The highest BCUT2D eigenvalue weighted by atomic mass is 16.5. The van der Waals surface area contributed by atoms with Crippen LogP contribution in [0.25, 0.3) is 27.0 Å². The Morgan fingerprint density at radius 3 is 2.72 bits per heavy atom. The molecule has 0 aliphatic carbocycles. The Morgan fingerprint density at radius 1 is 1.14 bits per heavy atom. The molecule has 184 valence electrons. The maximum absolute atomic E-state index is 12.9. The first-order valence-corrected chi connectivity index (χ1v) is 12.3. The molecule has 6 rings (SSSR count). The second kappa shape index (κ2) is 8.95. The van der Waals surface area contributed by atoms with Gasteiger partial charge in [-0.1, -0.05) is 12.6 Å². The van der Waals surface area contributed by atoms with E-state index in [2.05, 4.69) is 14.7 Å². The molecule has 0 spiro atoms. The first-order valence-electron chi connectivity index (χ1n) is 12.3. The Kier molecular flexibility index (Phi) is 5.61. The average molecular weight is 486 g/mol. The average Bonchev–Trinajstić information content (AvgIpc) is 3.56. The van der Waals surface area contributed by atoms with Crippen LogP contribution in [0, 0.1) is 13.5 Å².